The zero-order valence-corrected chi connectivity index (χ0v) is 20.8. The SMILES string of the molecule is CC.CC(=O)CCCC(C)C.CC(C)=O.CCC(C)C.CCCC(C)C. The summed E-state index contributed by atoms with van der Waals surface area (Å²) in [5, 5.41) is 0. The molecule has 0 saturated heterocycles. The van der Waals surface area contributed by atoms with Crippen LogP contribution in [0, 0.1) is 17.8 Å². The van der Waals surface area contributed by atoms with Crippen molar-refractivity contribution in [2.45, 2.75) is 129 Å². The summed E-state index contributed by atoms with van der Waals surface area (Å²) in [4.78, 5) is 19.9. The van der Waals surface area contributed by atoms with Gasteiger partial charge >= 0.3 is 0 Å². The molecule has 0 aromatic carbocycles. The highest BCUT2D eigenvalue weighted by Gasteiger charge is 1.95. The highest BCUT2D eigenvalue weighted by atomic mass is 16.1. The first kappa shape index (κ1) is 36.3. The molecule has 26 heavy (non-hydrogen) atoms. The number of hydrogen-bond donors (Lipinski definition) is 0. The quantitative estimate of drug-likeness (QED) is 0.447. The van der Waals surface area contributed by atoms with E-state index < -0.39 is 0 Å². The molecule has 162 valence electrons. The van der Waals surface area contributed by atoms with Crippen molar-refractivity contribution in [2.24, 2.45) is 17.8 Å². The maximum Gasteiger partial charge on any atom is 0.129 e. The molecule has 0 aromatic rings. The zero-order chi connectivity index (χ0) is 22.1. The number of carbonyl (C=O) groups excluding carboxylic acids is 2. The summed E-state index contributed by atoms with van der Waals surface area (Å²) in [6, 6.07) is 0. The van der Waals surface area contributed by atoms with Gasteiger partial charge in [0, 0.05) is 6.42 Å². The van der Waals surface area contributed by atoms with Gasteiger partial charge in [0.15, 0.2) is 0 Å². The molecule has 0 aromatic heterocycles. The lowest BCUT2D eigenvalue weighted by Gasteiger charge is -2.00. The Kier molecular flexibility index (Phi) is 44.7. The average molecular weight is 375 g/mol. The fourth-order valence-corrected chi connectivity index (χ4v) is 1.34. The second-order valence-corrected chi connectivity index (χ2v) is 7.88. The smallest absolute Gasteiger partial charge is 0.129 e. The number of Topliss-reactive ketones (excluding diaryl/α,β-unsaturated/α-hetero) is 2. The molecule has 0 N–H and O–H groups in total. The second-order valence-electron chi connectivity index (χ2n) is 7.88. The molecule has 2 heteroatoms. The third kappa shape index (κ3) is 109. The van der Waals surface area contributed by atoms with Gasteiger partial charge in [-0.2, -0.15) is 0 Å². The van der Waals surface area contributed by atoms with Gasteiger partial charge in [-0.05, 0) is 44.9 Å². The van der Waals surface area contributed by atoms with Gasteiger partial charge in [0.2, 0.25) is 0 Å². The van der Waals surface area contributed by atoms with Crippen molar-refractivity contribution >= 4 is 11.6 Å². The van der Waals surface area contributed by atoms with E-state index in [1.807, 2.05) is 13.8 Å². The Balaban J connectivity index is -0.0000000762. The van der Waals surface area contributed by atoms with E-state index >= 15 is 0 Å². The fourth-order valence-electron chi connectivity index (χ4n) is 1.34. The topological polar surface area (TPSA) is 34.1 Å². The molecule has 0 heterocycles. The first-order valence-corrected chi connectivity index (χ1v) is 10.9. The molecule has 0 saturated carbocycles. The molecule has 0 spiro atoms. The number of carbonyl (C=O) groups is 2. The van der Waals surface area contributed by atoms with Crippen LogP contribution in [0.1, 0.15) is 129 Å². The van der Waals surface area contributed by atoms with Crippen LogP contribution in [0.5, 0.6) is 0 Å². The average Bonchev–Trinajstić information content (AvgIpc) is 2.49. The number of rotatable bonds is 7. The Morgan fingerprint density at radius 1 is 0.692 bits per heavy atom. The Morgan fingerprint density at radius 3 is 1.12 bits per heavy atom. The van der Waals surface area contributed by atoms with Crippen molar-refractivity contribution in [2.75, 3.05) is 0 Å². The molecule has 2 nitrogen and oxygen atoms in total. The second kappa shape index (κ2) is 32.0. The van der Waals surface area contributed by atoms with Gasteiger partial charge in [0.05, 0.1) is 0 Å². The summed E-state index contributed by atoms with van der Waals surface area (Å²) < 4.78 is 0. The Hall–Kier alpha value is -0.660. The van der Waals surface area contributed by atoms with Crippen molar-refractivity contribution in [1.82, 2.24) is 0 Å². The Bertz CT molecular complexity index is 249. The maximum absolute atomic E-state index is 10.4. The van der Waals surface area contributed by atoms with Gasteiger partial charge in [0.25, 0.3) is 0 Å². The highest BCUT2D eigenvalue weighted by Crippen LogP contribution is 2.05. The van der Waals surface area contributed by atoms with E-state index in [-0.39, 0.29) is 5.78 Å². The number of ketones is 2. The predicted octanol–water partition coefficient (Wildman–Crippen LogP) is 8.52. The van der Waals surface area contributed by atoms with Gasteiger partial charge in [0.1, 0.15) is 11.6 Å². The van der Waals surface area contributed by atoms with E-state index in [9.17, 15) is 9.59 Å². The van der Waals surface area contributed by atoms with Crippen LogP contribution < -0.4 is 0 Å². The lowest BCUT2D eigenvalue weighted by atomic mass is 10.1. The fraction of sp³-hybridized carbons (Fsp3) is 0.917. The van der Waals surface area contributed by atoms with Crippen LogP contribution in [0.25, 0.3) is 0 Å². The van der Waals surface area contributed by atoms with Gasteiger partial charge in [-0.3, -0.25) is 0 Å². The van der Waals surface area contributed by atoms with E-state index in [4.69, 9.17) is 0 Å². The highest BCUT2D eigenvalue weighted by molar-refractivity contribution is 5.75. The molecule has 0 fully saturated rings. The predicted molar refractivity (Wildman–Crippen MR) is 122 cm³/mol. The largest absolute Gasteiger partial charge is 0.300 e. The molecule has 0 bridgehead atoms. The standard InChI is InChI=1S/C8H16O.C6H14.C5H12.C3H6O.C2H6/c1-7(2)5-4-6-8(3)9;1-4-5-6(2)3;1-4-5(2)3;1-3(2)4;1-2/h7H,4-6H2,1-3H3;6H,4-5H2,1-3H3;5H,4H2,1-3H3;1-2H3;1-2H3. The minimum Gasteiger partial charge on any atom is -0.300 e. The molecule has 0 aliphatic heterocycles. The van der Waals surface area contributed by atoms with Crippen molar-refractivity contribution < 1.29 is 9.59 Å². The van der Waals surface area contributed by atoms with Gasteiger partial charge in [-0.25, -0.2) is 0 Å². The van der Waals surface area contributed by atoms with E-state index in [0.29, 0.717) is 5.78 Å². The molecule has 0 aliphatic rings. The summed E-state index contributed by atoms with van der Waals surface area (Å²) in [6.45, 7) is 26.4. The molecule has 0 radical (unpaired) electrons. The summed E-state index contributed by atoms with van der Waals surface area (Å²) >= 11 is 0. The van der Waals surface area contributed by atoms with Crippen molar-refractivity contribution in [1.29, 1.82) is 0 Å². The minimum absolute atomic E-state index is 0.167. The first-order valence-electron chi connectivity index (χ1n) is 10.9. The van der Waals surface area contributed by atoms with E-state index in [0.717, 1.165) is 30.6 Å². The van der Waals surface area contributed by atoms with Crippen LogP contribution in [0.3, 0.4) is 0 Å². The molecule has 0 rings (SSSR count). The van der Waals surface area contributed by atoms with Crippen LogP contribution in [-0.4, -0.2) is 11.6 Å². The first-order chi connectivity index (χ1) is 11.9. The third-order valence-electron chi connectivity index (χ3n) is 2.99. The molecular formula is C24H54O2. The van der Waals surface area contributed by atoms with Crippen LogP contribution >= 0.6 is 0 Å². The summed E-state index contributed by atoms with van der Waals surface area (Å²) in [6.07, 6.45) is 7.02. The van der Waals surface area contributed by atoms with Crippen molar-refractivity contribution in [3.8, 4) is 0 Å². The summed E-state index contributed by atoms with van der Waals surface area (Å²) in [7, 11) is 0. The monoisotopic (exact) mass is 374 g/mol. The van der Waals surface area contributed by atoms with Crippen LogP contribution in [0.2, 0.25) is 0 Å². The normalized spacial score (nSPS) is 8.92. The van der Waals surface area contributed by atoms with Crippen LogP contribution in [0.15, 0.2) is 0 Å². The molecule has 0 unspecified atom stereocenters. The van der Waals surface area contributed by atoms with Crippen LogP contribution in [0.4, 0.5) is 0 Å². The molecular weight excluding hydrogens is 320 g/mol. The van der Waals surface area contributed by atoms with E-state index in [1.165, 1.54) is 39.5 Å². The van der Waals surface area contributed by atoms with Crippen molar-refractivity contribution in [3.63, 3.8) is 0 Å². The van der Waals surface area contributed by atoms with E-state index in [2.05, 4.69) is 55.4 Å². The Morgan fingerprint density at radius 2 is 1.00 bits per heavy atom. The zero-order valence-electron chi connectivity index (χ0n) is 20.8. The Labute approximate surface area is 167 Å². The molecule has 0 aliphatic carbocycles. The molecule has 0 amide bonds. The third-order valence-corrected chi connectivity index (χ3v) is 2.99. The lowest BCUT2D eigenvalue weighted by molar-refractivity contribution is -0.117. The van der Waals surface area contributed by atoms with Crippen LogP contribution in [-0.2, 0) is 9.59 Å². The van der Waals surface area contributed by atoms with Gasteiger partial charge < -0.3 is 9.59 Å². The lowest BCUT2D eigenvalue weighted by Crippen LogP contribution is -1.92. The van der Waals surface area contributed by atoms with E-state index in [1.54, 1.807) is 6.92 Å². The molecule has 0 atom stereocenters. The van der Waals surface area contributed by atoms with Gasteiger partial charge in [-0.15, -0.1) is 0 Å². The van der Waals surface area contributed by atoms with Crippen molar-refractivity contribution in [3.05, 3.63) is 0 Å². The maximum atomic E-state index is 10.4. The minimum atomic E-state index is 0.167. The van der Waals surface area contributed by atoms with Gasteiger partial charge in [-0.1, -0.05) is 94.9 Å². The summed E-state index contributed by atoms with van der Waals surface area (Å²) in [5.41, 5.74) is 0. The summed E-state index contributed by atoms with van der Waals surface area (Å²) in [5.74, 6) is 3.00. The number of hydrogen-bond acceptors (Lipinski definition) is 2.